The average molecular weight is 735 g/mol. The number of benzene rings is 2. The standard InChI is InChI=1S/C34H35F5N6O7/c1-2-10-51-21-6-7-22(24(17-21)34(37,38)39)26-18-29(52-44-26)31(33(47)40-8-11-48-13-15-50-16-14-49-12-9-46)45-20-28-27(19-41-45)42-32(43-28)23-4-3-5-25(35)30(23)36/h3-7,17-20,31,46H,2,8-16H2,1H3,(H,40,47). The highest BCUT2D eigenvalue weighted by molar-refractivity contribution is 5.83. The number of nitrogens with zero attached hydrogens (tertiary/aromatic N) is 5. The van der Waals surface area contributed by atoms with Crippen LogP contribution in [-0.2, 0) is 25.2 Å². The van der Waals surface area contributed by atoms with Crippen LogP contribution in [0, 0.1) is 11.6 Å². The fourth-order valence-corrected chi connectivity index (χ4v) is 4.94. The van der Waals surface area contributed by atoms with E-state index >= 15 is 0 Å². The molecule has 0 radical (unpaired) electrons. The molecular weight excluding hydrogens is 699 g/mol. The van der Waals surface area contributed by atoms with Crippen molar-refractivity contribution in [2.24, 2.45) is 0 Å². The molecule has 2 aliphatic rings. The molecule has 1 amide bonds. The van der Waals surface area contributed by atoms with E-state index in [-0.39, 0.29) is 91.7 Å². The van der Waals surface area contributed by atoms with Gasteiger partial charge in [-0.3, -0.25) is 9.48 Å². The summed E-state index contributed by atoms with van der Waals surface area (Å²) in [5.74, 6) is -3.18. The van der Waals surface area contributed by atoms with E-state index in [2.05, 4.69) is 25.5 Å². The molecule has 0 saturated heterocycles. The second kappa shape index (κ2) is 17.9. The molecule has 2 N–H and O–H groups in total. The number of carbonyl (C=O) groups excluding carboxylic acids is 1. The minimum absolute atomic E-state index is 0.0232. The van der Waals surface area contributed by atoms with Crippen molar-refractivity contribution in [3.63, 3.8) is 0 Å². The number of imidazole rings is 1. The first-order valence-corrected chi connectivity index (χ1v) is 16.2. The molecule has 3 heterocycles. The first kappa shape index (κ1) is 38.2. The molecule has 0 spiro atoms. The molecule has 52 heavy (non-hydrogen) atoms. The van der Waals surface area contributed by atoms with E-state index in [1.807, 2.05) is 6.92 Å². The van der Waals surface area contributed by atoms with Crippen molar-refractivity contribution in [1.82, 2.24) is 30.2 Å². The van der Waals surface area contributed by atoms with Gasteiger partial charge in [-0.15, -0.1) is 0 Å². The smallest absolute Gasteiger partial charge is 0.417 e. The Balaban J connectivity index is 1.39. The number of aliphatic hydroxyl groups is 1. The van der Waals surface area contributed by atoms with Crippen molar-refractivity contribution in [2.45, 2.75) is 25.6 Å². The highest BCUT2D eigenvalue weighted by Gasteiger charge is 2.36. The Labute approximate surface area is 294 Å². The fourth-order valence-electron chi connectivity index (χ4n) is 4.94. The van der Waals surface area contributed by atoms with E-state index in [1.165, 1.54) is 42.7 Å². The lowest BCUT2D eigenvalue weighted by atomic mass is 10.0. The van der Waals surface area contributed by atoms with Crippen molar-refractivity contribution in [3.8, 4) is 39.8 Å². The molecule has 13 nitrogen and oxygen atoms in total. The predicted molar refractivity (Wildman–Crippen MR) is 173 cm³/mol. The van der Waals surface area contributed by atoms with E-state index < -0.39 is 35.3 Å². The van der Waals surface area contributed by atoms with Crippen LogP contribution in [0.25, 0.3) is 34.0 Å². The minimum Gasteiger partial charge on any atom is -0.494 e. The van der Waals surface area contributed by atoms with E-state index in [0.717, 1.165) is 16.8 Å². The van der Waals surface area contributed by atoms with Gasteiger partial charge in [0.05, 0.1) is 76.4 Å². The number of halogens is 5. The van der Waals surface area contributed by atoms with Gasteiger partial charge in [-0.05, 0) is 36.8 Å². The number of alkyl halides is 3. The number of amides is 1. The summed E-state index contributed by atoms with van der Waals surface area (Å²) in [6.45, 7) is 3.38. The van der Waals surface area contributed by atoms with Crippen LogP contribution in [0.3, 0.4) is 0 Å². The molecule has 0 fully saturated rings. The molecular formula is C34H35F5N6O7. The van der Waals surface area contributed by atoms with E-state index in [9.17, 15) is 26.7 Å². The Bertz CT molecular complexity index is 1890. The third-order valence-corrected chi connectivity index (χ3v) is 7.36. The lowest BCUT2D eigenvalue weighted by Crippen LogP contribution is -2.36. The van der Waals surface area contributed by atoms with Gasteiger partial charge >= 0.3 is 6.18 Å². The van der Waals surface area contributed by atoms with Crippen LogP contribution < -0.4 is 10.1 Å². The van der Waals surface area contributed by atoms with Crippen molar-refractivity contribution in [3.05, 3.63) is 77.8 Å². The monoisotopic (exact) mass is 734 g/mol. The Hall–Kier alpha value is -5.04. The highest BCUT2D eigenvalue weighted by Crippen LogP contribution is 2.40. The molecule has 1 aromatic heterocycles. The molecule has 0 aliphatic carbocycles. The Morgan fingerprint density at radius 1 is 0.923 bits per heavy atom. The van der Waals surface area contributed by atoms with Crippen LogP contribution in [0.5, 0.6) is 5.75 Å². The topological polar surface area (TPSA) is 156 Å². The van der Waals surface area contributed by atoms with Gasteiger partial charge in [-0.2, -0.15) is 18.3 Å². The maximum absolute atomic E-state index is 14.5. The van der Waals surface area contributed by atoms with Gasteiger partial charge in [0.15, 0.2) is 29.3 Å². The Morgan fingerprint density at radius 3 is 2.38 bits per heavy atom. The minimum atomic E-state index is -4.77. The van der Waals surface area contributed by atoms with Crippen LogP contribution in [0.4, 0.5) is 22.0 Å². The van der Waals surface area contributed by atoms with E-state index in [4.69, 9.17) is 28.6 Å². The van der Waals surface area contributed by atoms with Gasteiger partial charge in [0, 0.05) is 18.2 Å². The van der Waals surface area contributed by atoms with Gasteiger partial charge in [0.1, 0.15) is 22.8 Å². The van der Waals surface area contributed by atoms with Crippen LogP contribution in [-0.4, -0.2) is 95.3 Å². The summed E-state index contributed by atoms with van der Waals surface area (Å²) in [7, 11) is 0. The molecule has 1 atom stereocenters. The SMILES string of the molecule is CCCOc1ccc(-c2cc(C(C(=O)NCCOCCOCCOCCO)n3cc4nc(-c5cccc(F)c5F)nc-4cn3)on2)c(C(F)(F)F)c1. The second-order valence-corrected chi connectivity index (χ2v) is 11.1. The third-order valence-electron chi connectivity index (χ3n) is 7.36. The first-order chi connectivity index (χ1) is 25.1. The third kappa shape index (κ3) is 9.64. The summed E-state index contributed by atoms with van der Waals surface area (Å²) in [4.78, 5) is 22.2. The first-order valence-electron chi connectivity index (χ1n) is 16.2. The molecule has 18 heteroatoms. The predicted octanol–water partition coefficient (Wildman–Crippen LogP) is 4.93. The summed E-state index contributed by atoms with van der Waals surface area (Å²) < 4.78 is 98.9. The number of hydrogen-bond donors (Lipinski definition) is 2. The lowest BCUT2D eigenvalue weighted by molar-refractivity contribution is -0.137. The van der Waals surface area contributed by atoms with Crippen LogP contribution in [0.2, 0.25) is 0 Å². The van der Waals surface area contributed by atoms with Crippen molar-refractivity contribution in [1.29, 1.82) is 0 Å². The number of aliphatic hydroxyl groups excluding tert-OH is 1. The van der Waals surface area contributed by atoms with E-state index in [1.54, 1.807) is 0 Å². The number of rotatable bonds is 19. The number of aromatic nitrogens is 5. The van der Waals surface area contributed by atoms with Gasteiger partial charge in [-0.1, -0.05) is 18.1 Å². The molecule has 278 valence electrons. The lowest BCUT2D eigenvalue weighted by Gasteiger charge is -2.17. The maximum atomic E-state index is 14.5. The summed E-state index contributed by atoms with van der Waals surface area (Å²) in [6, 6.07) is 6.80. The highest BCUT2D eigenvalue weighted by atomic mass is 19.4. The molecule has 2 aliphatic heterocycles. The molecule has 3 aromatic rings. The van der Waals surface area contributed by atoms with E-state index in [0.29, 0.717) is 19.6 Å². The zero-order valence-corrected chi connectivity index (χ0v) is 27.9. The second-order valence-electron chi connectivity index (χ2n) is 11.1. The maximum Gasteiger partial charge on any atom is 0.417 e. The zero-order valence-electron chi connectivity index (χ0n) is 27.9. The van der Waals surface area contributed by atoms with Gasteiger partial charge in [0.2, 0.25) is 0 Å². The zero-order chi connectivity index (χ0) is 37.1. The van der Waals surface area contributed by atoms with Gasteiger partial charge in [-0.25, -0.2) is 18.7 Å². The molecule has 1 unspecified atom stereocenters. The molecule has 2 aromatic carbocycles. The number of ether oxygens (including phenoxy) is 4. The number of carbonyl (C=O) groups is 1. The van der Waals surface area contributed by atoms with Crippen molar-refractivity contribution >= 4 is 5.91 Å². The Morgan fingerprint density at radius 2 is 1.65 bits per heavy atom. The number of nitrogens with one attached hydrogen (secondary N) is 1. The van der Waals surface area contributed by atoms with Crippen LogP contribution in [0.15, 0.2) is 59.4 Å². The van der Waals surface area contributed by atoms with Crippen molar-refractivity contribution in [2.75, 3.05) is 59.4 Å². The largest absolute Gasteiger partial charge is 0.494 e. The summed E-state index contributed by atoms with van der Waals surface area (Å²) >= 11 is 0. The normalized spacial score (nSPS) is 12.4. The van der Waals surface area contributed by atoms with Crippen LogP contribution >= 0.6 is 0 Å². The number of hydrogen-bond acceptors (Lipinski definition) is 11. The van der Waals surface area contributed by atoms with Crippen molar-refractivity contribution < 1.29 is 55.3 Å². The Kier molecular flexibility index (Phi) is 13.2. The summed E-state index contributed by atoms with van der Waals surface area (Å²) in [5, 5.41) is 19.5. The quantitative estimate of drug-likeness (QED) is 0.0876. The molecule has 0 saturated carbocycles. The van der Waals surface area contributed by atoms with Gasteiger partial charge < -0.3 is 33.9 Å². The average Bonchev–Trinajstić information content (AvgIpc) is 3.78. The van der Waals surface area contributed by atoms with Gasteiger partial charge in [0.25, 0.3) is 5.91 Å². The molecule has 5 rings (SSSR count). The van der Waals surface area contributed by atoms with Crippen LogP contribution in [0.1, 0.15) is 30.7 Å². The fraction of sp³-hybridized carbons (Fsp3) is 0.382. The summed E-state index contributed by atoms with van der Waals surface area (Å²) in [6.07, 6.45) is -1.62. The number of fused-ring (bicyclic) bond motifs is 1. The molecule has 0 bridgehead atoms. The summed E-state index contributed by atoms with van der Waals surface area (Å²) in [5.41, 5.74) is -1.37.